The lowest BCUT2D eigenvalue weighted by Crippen LogP contribution is -2.33. The molecule has 1 aromatic carbocycles. The second kappa shape index (κ2) is 7.09. The van der Waals surface area contributed by atoms with Crippen molar-refractivity contribution in [1.29, 1.82) is 5.41 Å². The summed E-state index contributed by atoms with van der Waals surface area (Å²) in [5.41, 5.74) is 6.32. The number of methoxy groups -OCH3 is 1. The van der Waals surface area contributed by atoms with Crippen LogP contribution in [0.5, 0.6) is 0 Å². The minimum Gasteiger partial charge on any atom is -0.384 e. The molecule has 0 aliphatic carbocycles. The third-order valence-electron chi connectivity index (χ3n) is 2.75. The topological polar surface area (TPSA) is 62.3 Å². The van der Waals surface area contributed by atoms with E-state index < -0.39 is 5.82 Å². The molecule has 106 valence electrons. The van der Waals surface area contributed by atoms with Gasteiger partial charge < -0.3 is 15.4 Å². The van der Waals surface area contributed by atoms with Gasteiger partial charge in [-0.3, -0.25) is 5.41 Å². The van der Waals surface area contributed by atoms with Crippen LogP contribution in [0.1, 0.15) is 19.4 Å². The van der Waals surface area contributed by atoms with E-state index in [1.165, 1.54) is 6.07 Å². The summed E-state index contributed by atoms with van der Waals surface area (Å²) in [4.78, 5) is 2.01. The highest BCUT2D eigenvalue weighted by Gasteiger charge is 2.17. The van der Waals surface area contributed by atoms with Crippen LogP contribution in [0, 0.1) is 17.1 Å². The van der Waals surface area contributed by atoms with Crippen LogP contribution in [-0.4, -0.2) is 32.6 Å². The summed E-state index contributed by atoms with van der Waals surface area (Å²) in [6, 6.07) is 4.75. The van der Waals surface area contributed by atoms with Gasteiger partial charge in [0.25, 0.3) is 0 Å². The molecule has 19 heavy (non-hydrogen) atoms. The van der Waals surface area contributed by atoms with Crippen LogP contribution >= 0.6 is 0 Å². The molecule has 0 saturated carbocycles. The first-order valence-corrected chi connectivity index (χ1v) is 6.34. The second-order valence-corrected chi connectivity index (χ2v) is 4.88. The van der Waals surface area contributed by atoms with E-state index in [9.17, 15) is 4.39 Å². The Hall–Kier alpha value is -1.62. The van der Waals surface area contributed by atoms with E-state index in [1.807, 2.05) is 4.90 Å². The van der Waals surface area contributed by atoms with E-state index >= 15 is 0 Å². The van der Waals surface area contributed by atoms with E-state index in [4.69, 9.17) is 15.9 Å². The molecule has 1 aromatic rings. The zero-order valence-corrected chi connectivity index (χ0v) is 11.7. The number of hydrogen-bond acceptors (Lipinski definition) is 3. The van der Waals surface area contributed by atoms with Gasteiger partial charge in [-0.2, -0.15) is 0 Å². The van der Waals surface area contributed by atoms with Crippen LogP contribution in [0.3, 0.4) is 0 Å². The Morgan fingerprint density at radius 1 is 1.47 bits per heavy atom. The van der Waals surface area contributed by atoms with Crippen LogP contribution in [0.15, 0.2) is 18.2 Å². The van der Waals surface area contributed by atoms with Crippen LogP contribution in [0.4, 0.5) is 10.1 Å². The van der Waals surface area contributed by atoms with Gasteiger partial charge in [0, 0.05) is 20.2 Å². The molecular weight excluding hydrogens is 245 g/mol. The van der Waals surface area contributed by atoms with Crippen LogP contribution in [-0.2, 0) is 4.74 Å². The molecule has 0 spiro atoms. The zero-order valence-electron chi connectivity index (χ0n) is 11.7. The summed E-state index contributed by atoms with van der Waals surface area (Å²) in [5.74, 6) is -0.296. The van der Waals surface area contributed by atoms with Gasteiger partial charge in [0.2, 0.25) is 0 Å². The summed E-state index contributed by atoms with van der Waals surface area (Å²) in [6.45, 7) is 6.12. The number of nitrogen functional groups attached to an aromatic ring is 1. The summed E-state index contributed by atoms with van der Waals surface area (Å²) >= 11 is 0. The predicted molar refractivity (Wildman–Crippen MR) is 76.3 cm³/mol. The maximum absolute atomic E-state index is 13.8. The molecule has 0 atom stereocenters. The summed E-state index contributed by atoms with van der Waals surface area (Å²) < 4.78 is 18.9. The zero-order chi connectivity index (χ0) is 14.4. The van der Waals surface area contributed by atoms with E-state index in [0.717, 1.165) is 6.54 Å². The number of nitrogens with zero attached hydrogens (tertiary/aromatic N) is 1. The molecule has 4 nitrogen and oxygen atoms in total. The first-order valence-electron chi connectivity index (χ1n) is 6.34. The molecule has 3 N–H and O–H groups in total. The van der Waals surface area contributed by atoms with Crippen LogP contribution < -0.4 is 10.6 Å². The predicted octanol–water partition coefficient (Wildman–Crippen LogP) is 2.22. The van der Waals surface area contributed by atoms with Gasteiger partial charge in [-0.25, -0.2) is 4.39 Å². The van der Waals surface area contributed by atoms with Crippen molar-refractivity contribution in [3.05, 3.63) is 29.6 Å². The van der Waals surface area contributed by atoms with Gasteiger partial charge in [-0.05, 0) is 18.1 Å². The van der Waals surface area contributed by atoms with E-state index in [1.54, 1.807) is 19.2 Å². The van der Waals surface area contributed by atoms with Crippen molar-refractivity contribution >= 4 is 11.5 Å². The average Bonchev–Trinajstić information content (AvgIpc) is 2.33. The number of nitrogens with two attached hydrogens (primary N) is 1. The van der Waals surface area contributed by atoms with Gasteiger partial charge in [-0.15, -0.1) is 0 Å². The Kier molecular flexibility index (Phi) is 5.76. The number of rotatable bonds is 7. The van der Waals surface area contributed by atoms with Crippen LogP contribution in [0.25, 0.3) is 0 Å². The fourth-order valence-corrected chi connectivity index (χ4v) is 2.00. The average molecular weight is 267 g/mol. The number of nitrogens with one attached hydrogen (secondary N) is 1. The van der Waals surface area contributed by atoms with Gasteiger partial charge in [0.1, 0.15) is 11.7 Å². The molecule has 0 amide bonds. The fraction of sp³-hybridized carbons (Fsp3) is 0.500. The molecule has 0 aliphatic rings. The molecule has 0 fully saturated rings. The Balaban J connectivity index is 3.13. The maximum Gasteiger partial charge on any atom is 0.136 e. The van der Waals surface area contributed by atoms with Crippen LogP contribution in [0.2, 0.25) is 0 Å². The molecule has 0 saturated heterocycles. The van der Waals surface area contributed by atoms with Crippen molar-refractivity contribution in [2.24, 2.45) is 11.7 Å². The number of amidine groups is 1. The molecule has 0 radical (unpaired) electrons. The third kappa shape index (κ3) is 4.21. The van der Waals surface area contributed by atoms with Gasteiger partial charge >= 0.3 is 0 Å². The summed E-state index contributed by atoms with van der Waals surface area (Å²) in [5, 5.41) is 7.55. The minimum absolute atomic E-state index is 0.166. The molecule has 1 rings (SSSR count). The minimum atomic E-state index is -0.462. The molecule has 0 aliphatic heterocycles. The lowest BCUT2D eigenvalue weighted by atomic mass is 10.1. The smallest absolute Gasteiger partial charge is 0.136 e. The highest BCUT2D eigenvalue weighted by molar-refractivity contribution is 6.00. The molecular formula is C14H22FN3O. The Bertz CT molecular complexity index is 435. The number of ether oxygens (including phenoxy) is 1. The van der Waals surface area contributed by atoms with Gasteiger partial charge in [0.15, 0.2) is 0 Å². The Labute approximate surface area is 113 Å². The fourth-order valence-electron chi connectivity index (χ4n) is 2.00. The number of anilines is 1. The molecule has 0 bridgehead atoms. The van der Waals surface area contributed by atoms with Crippen molar-refractivity contribution in [1.82, 2.24) is 0 Å². The lowest BCUT2D eigenvalue weighted by Gasteiger charge is -2.28. The Morgan fingerprint density at radius 2 is 2.16 bits per heavy atom. The molecule has 0 unspecified atom stereocenters. The molecule has 0 aromatic heterocycles. The summed E-state index contributed by atoms with van der Waals surface area (Å²) in [7, 11) is 1.63. The highest BCUT2D eigenvalue weighted by atomic mass is 19.1. The lowest BCUT2D eigenvalue weighted by molar-refractivity contribution is 0.204. The van der Waals surface area contributed by atoms with E-state index in [-0.39, 0.29) is 11.4 Å². The normalized spacial score (nSPS) is 10.8. The van der Waals surface area contributed by atoms with E-state index in [2.05, 4.69) is 13.8 Å². The van der Waals surface area contributed by atoms with Crippen molar-refractivity contribution < 1.29 is 9.13 Å². The maximum atomic E-state index is 13.8. The molecule has 0 heterocycles. The quantitative estimate of drug-likeness (QED) is 0.588. The van der Waals surface area contributed by atoms with Crippen molar-refractivity contribution in [3.8, 4) is 0 Å². The summed E-state index contributed by atoms with van der Waals surface area (Å²) in [6.07, 6.45) is 0. The SMILES string of the molecule is COCCN(CC(C)C)c1cccc(F)c1C(=N)N. The Morgan fingerprint density at radius 3 is 2.68 bits per heavy atom. The van der Waals surface area contributed by atoms with Crippen molar-refractivity contribution in [3.63, 3.8) is 0 Å². The second-order valence-electron chi connectivity index (χ2n) is 4.88. The monoisotopic (exact) mass is 267 g/mol. The first-order chi connectivity index (χ1) is 8.97. The van der Waals surface area contributed by atoms with Crippen molar-refractivity contribution in [2.75, 3.05) is 31.7 Å². The molecule has 5 heteroatoms. The highest BCUT2D eigenvalue weighted by Crippen LogP contribution is 2.23. The number of halogens is 1. The number of hydrogen-bond donors (Lipinski definition) is 2. The standard InChI is InChI=1S/C14H22FN3O/c1-10(2)9-18(7-8-19-3)12-6-4-5-11(15)13(12)14(16)17/h4-6,10H,7-9H2,1-3H3,(H3,16,17). The first kappa shape index (κ1) is 15.4. The number of benzene rings is 1. The third-order valence-corrected chi connectivity index (χ3v) is 2.75. The van der Waals surface area contributed by atoms with Gasteiger partial charge in [0.05, 0.1) is 17.9 Å². The van der Waals surface area contributed by atoms with E-state index in [0.29, 0.717) is 24.8 Å². The van der Waals surface area contributed by atoms with Gasteiger partial charge in [-0.1, -0.05) is 19.9 Å². The largest absolute Gasteiger partial charge is 0.384 e. The van der Waals surface area contributed by atoms with Crippen molar-refractivity contribution in [2.45, 2.75) is 13.8 Å².